The summed E-state index contributed by atoms with van der Waals surface area (Å²) in [7, 11) is -3.97. The van der Waals surface area contributed by atoms with E-state index in [9.17, 15) is 23.3 Å². The highest BCUT2D eigenvalue weighted by atomic mass is 35.5. The van der Waals surface area contributed by atoms with Crippen LogP contribution in [0.3, 0.4) is 0 Å². The number of rotatable bonds is 6. The second kappa shape index (κ2) is 9.11. The number of carbonyl (C=O) groups is 1. The number of nitrogens with zero attached hydrogens (tertiary/aromatic N) is 1. The lowest BCUT2D eigenvalue weighted by Gasteiger charge is -2.11. The Labute approximate surface area is 191 Å². The zero-order valence-electron chi connectivity index (χ0n) is 15.3. The zero-order valence-corrected chi connectivity index (χ0v) is 18.4. The summed E-state index contributed by atoms with van der Waals surface area (Å²) in [6.07, 6.45) is 0. The van der Waals surface area contributed by atoms with Crippen LogP contribution in [0, 0.1) is 10.1 Å². The van der Waals surface area contributed by atoms with Crippen molar-refractivity contribution in [2.75, 3.05) is 10.0 Å². The number of halogens is 3. The first-order valence-corrected chi connectivity index (χ1v) is 11.0. The van der Waals surface area contributed by atoms with Gasteiger partial charge in [0.05, 0.1) is 25.6 Å². The lowest BCUT2D eigenvalue weighted by Crippen LogP contribution is -2.14. The van der Waals surface area contributed by atoms with E-state index in [-0.39, 0.29) is 36.9 Å². The van der Waals surface area contributed by atoms with E-state index in [0.717, 1.165) is 6.07 Å². The predicted molar refractivity (Wildman–Crippen MR) is 120 cm³/mol. The molecule has 31 heavy (non-hydrogen) atoms. The highest BCUT2D eigenvalue weighted by Crippen LogP contribution is 2.31. The second-order valence-electron chi connectivity index (χ2n) is 6.11. The molecule has 0 heterocycles. The Kier molecular flexibility index (Phi) is 6.71. The number of benzene rings is 3. The largest absolute Gasteiger partial charge is 0.322 e. The lowest BCUT2D eigenvalue weighted by atomic mass is 10.2. The van der Waals surface area contributed by atoms with Gasteiger partial charge in [0.15, 0.2) is 0 Å². The molecule has 8 nitrogen and oxygen atoms in total. The van der Waals surface area contributed by atoms with Crippen LogP contribution in [0.15, 0.2) is 65.6 Å². The van der Waals surface area contributed by atoms with E-state index in [2.05, 4.69) is 10.0 Å². The first-order valence-electron chi connectivity index (χ1n) is 8.40. The van der Waals surface area contributed by atoms with Crippen LogP contribution in [0.25, 0.3) is 0 Å². The van der Waals surface area contributed by atoms with Crippen molar-refractivity contribution in [3.05, 3.63) is 91.4 Å². The minimum absolute atomic E-state index is 0.0186. The van der Waals surface area contributed by atoms with Gasteiger partial charge in [0.25, 0.3) is 21.6 Å². The Morgan fingerprint density at radius 2 is 1.61 bits per heavy atom. The van der Waals surface area contributed by atoms with Crippen molar-refractivity contribution in [3.63, 3.8) is 0 Å². The van der Waals surface area contributed by atoms with Gasteiger partial charge in [-0.2, -0.15) is 0 Å². The van der Waals surface area contributed by atoms with Crippen LogP contribution < -0.4 is 10.0 Å². The van der Waals surface area contributed by atoms with Gasteiger partial charge in [-0.3, -0.25) is 19.6 Å². The third kappa shape index (κ3) is 5.26. The molecule has 1 amide bonds. The molecular weight excluding hydrogens is 489 g/mol. The SMILES string of the molecule is O=C(Nc1ccc(S(=O)(=O)Nc2cccc(Cl)c2Cl)cc1)c1ccc(Cl)c([N+](=O)[O-])c1. The summed E-state index contributed by atoms with van der Waals surface area (Å²) in [5, 5.41) is 13.7. The van der Waals surface area contributed by atoms with Gasteiger partial charge in [0, 0.05) is 17.3 Å². The molecule has 0 fully saturated rings. The standard InChI is InChI=1S/C19H12Cl3N3O5S/c20-14-9-4-11(10-17(14)25(27)28)19(26)23-12-5-7-13(8-6-12)31(29,30)24-16-3-1-2-15(21)18(16)22/h1-10,24H,(H,23,26). The van der Waals surface area contributed by atoms with E-state index < -0.39 is 26.5 Å². The van der Waals surface area contributed by atoms with Crippen LogP contribution in [0.1, 0.15) is 10.4 Å². The fourth-order valence-electron chi connectivity index (χ4n) is 2.50. The molecule has 0 saturated heterocycles. The van der Waals surface area contributed by atoms with Crippen LogP contribution in [-0.4, -0.2) is 19.2 Å². The third-order valence-corrected chi connectivity index (χ3v) is 6.54. The number of hydrogen-bond donors (Lipinski definition) is 2. The summed E-state index contributed by atoms with van der Waals surface area (Å²) in [6.45, 7) is 0. The molecule has 0 unspecified atom stereocenters. The van der Waals surface area contributed by atoms with E-state index >= 15 is 0 Å². The third-order valence-electron chi connectivity index (χ3n) is 4.02. The minimum Gasteiger partial charge on any atom is -0.322 e. The van der Waals surface area contributed by atoms with Crippen LogP contribution in [0.4, 0.5) is 17.1 Å². The Hall–Kier alpha value is -2.85. The van der Waals surface area contributed by atoms with Crippen molar-refractivity contribution >= 4 is 67.8 Å². The molecular formula is C19H12Cl3N3O5S. The maximum atomic E-state index is 12.6. The quantitative estimate of drug-likeness (QED) is 0.337. The van der Waals surface area contributed by atoms with Crippen molar-refractivity contribution in [1.82, 2.24) is 0 Å². The van der Waals surface area contributed by atoms with Crippen molar-refractivity contribution in [1.29, 1.82) is 0 Å². The van der Waals surface area contributed by atoms with Gasteiger partial charge in [0.2, 0.25) is 0 Å². The molecule has 0 aromatic heterocycles. The molecule has 3 aromatic carbocycles. The van der Waals surface area contributed by atoms with Crippen molar-refractivity contribution in [2.45, 2.75) is 4.90 Å². The normalized spacial score (nSPS) is 11.1. The zero-order chi connectivity index (χ0) is 22.8. The minimum atomic E-state index is -3.97. The second-order valence-corrected chi connectivity index (χ2v) is 8.98. The van der Waals surface area contributed by atoms with Crippen LogP contribution in [0.5, 0.6) is 0 Å². The van der Waals surface area contributed by atoms with E-state index in [0.29, 0.717) is 0 Å². The monoisotopic (exact) mass is 499 g/mol. The Morgan fingerprint density at radius 1 is 0.935 bits per heavy atom. The molecule has 0 atom stereocenters. The van der Waals surface area contributed by atoms with Gasteiger partial charge in [-0.15, -0.1) is 0 Å². The summed E-state index contributed by atoms with van der Waals surface area (Å²) < 4.78 is 27.5. The average Bonchev–Trinajstić information content (AvgIpc) is 2.71. The number of nitro benzene ring substituents is 1. The highest BCUT2D eigenvalue weighted by molar-refractivity contribution is 7.92. The molecule has 0 aliphatic heterocycles. The molecule has 2 N–H and O–H groups in total. The fraction of sp³-hybridized carbons (Fsp3) is 0. The van der Waals surface area contributed by atoms with Gasteiger partial charge in [-0.1, -0.05) is 40.9 Å². The number of anilines is 2. The number of hydrogen-bond acceptors (Lipinski definition) is 5. The van der Waals surface area contributed by atoms with Crippen molar-refractivity contribution in [3.8, 4) is 0 Å². The molecule has 0 aliphatic rings. The van der Waals surface area contributed by atoms with E-state index in [1.807, 2.05) is 0 Å². The first kappa shape index (κ1) is 22.8. The maximum Gasteiger partial charge on any atom is 0.288 e. The summed E-state index contributed by atoms with van der Waals surface area (Å²) in [6, 6.07) is 13.5. The summed E-state index contributed by atoms with van der Waals surface area (Å²) in [5.74, 6) is -0.626. The van der Waals surface area contributed by atoms with Crippen molar-refractivity contribution < 1.29 is 18.1 Å². The van der Waals surface area contributed by atoms with E-state index in [4.69, 9.17) is 34.8 Å². The Balaban J connectivity index is 1.77. The molecule has 0 radical (unpaired) electrons. The van der Waals surface area contributed by atoms with E-state index in [1.165, 1.54) is 48.5 Å². The first-order chi connectivity index (χ1) is 14.6. The van der Waals surface area contributed by atoms with Crippen molar-refractivity contribution in [2.24, 2.45) is 0 Å². The molecule has 0 spiro atoms. The van der Waals surface area contributed by atoms with E-state index in [1.54, 1.807) is 6.07 Å². The molecule has 160 valence electrons. The molecule has 3 aromatic rings. The Morgan fingerprint density at radius 3 is 2.26 bits per heavy atom. The number of carbonyl (C=O) groups excluding carboxylic acids is 1. The van der Waals surface area contributed by atoms with Gasteiger partial charge < -0.3 is 5.32 Å². The summed E-state index contributed by atoms with van der Waals surface area (Å²) >= 11 is 17.6. The fourth-order valence-corrected chi connectivity index (χ4v) is 4.16. The number of nitrogens with one attached hydrogen (secondary N) is 2. The predicted octanol–water partition coefficient (Wildman–Crippen LogP) is 5.61. The molecule has 0 aliphatic carbocycles. The van der Waals surface area contributed by atoms with Gasteiger partial charge in [-0.05, 0) is 48.5 Å². The summed E-state index contributed by atoms with van der Waals surface area (Å²) in [5.41, 5.74) is 0.0183. The average molecular weight is 501 g/mol. The molecule has 0 saturated carbocycles. The molecule has 12 heteroatoms. The number of nitro groups is 1. The van der Waals surface area contributed by atoms with Gasteiger partial charge in [0.1, 0.15) is 5.02 Å². The molecule has 3 rings (SSSR count). The topological polar surface area (TPSA) is 118 Å². The van der Waals surface area contributed by atoms with Crippen LogP contribution >= 0.6 is 34.8 Å². The van der Waals surface area contributed by atoms with Gasteiger partial charge >= 0.3 is 0 Å². The highest BCUT2D eigenvalue weighted by Gasteiger charge is 2.18. The van der Waals surface area contributed by atoms with Gasteiger partial charge in [-0.25, -0.2) is 8.42 Å². The van der Waals surface area contributed by atoms with Crippen LogP contribution in [0.2, 0.25) is 15.1 Å². The summed E-state index contributed by atoms with van der Waals surface area (Å²) in [4.78, 5) is 22.5. The lowest BCUT2D eigenvalue weighted by molar-refractivity contribution is -0.384. The Bertz CT molecular complexity index is 1280. The van der Waals surface area contributed by atoms with Crippen LogP contribution in [-0.2, 0) is 10.0 Å². The number of amides is 1. The maximum absolute atomic E-state index is 12.6. The number of sulfonamides is 1. The molecule has 0 bridgehead atoms. The smallest absolute Gasteiger partial charge is 0.288 e.